The minimum atomic E-state index is -0.994. The molecule has 1 saturated heterocycles. The molecule has 0 saturated carbocycles. The fraction of sp³-hybridized carbons (Fsp3) is 0.333. The number of aliphatic carboxylic acids is 1. The van der Waals surface area contributed by atoms with E-state index in [0.29, 0.717) is 16.3 Å². The standard InChI is InChI=1S/C21H22ClNO3S/c1-21(2,3)15-9-7-13(8-10-15)19-23(17(12-27-19)20(25)26)18(24)14-5-4-6-16(22)11-14/h4-11,17,19H,12H2,1-3H3,(H,25,26). The van der Waals surface area contributed by atoms with Crippen molar-refractivity contribution >= 4 is 35.2 Å². The number of amides is 1. The molecule has 0 bridgehead atoms. The van der Waals surface area contributed by atoms with Crippen molar-refractivity contribution < 1.29 is 14.7 Å². The van der Waals surface area contributed by atoms with Gasteiger partial charge in [0, 0.05) is 16.3 Å². The average molecular weight is 404 g/mol. The molecule has 2 unspecified atom stereocenters. The second-order valence-corrected chi connectivity index (χ2v) is 9.18. The van der Waals surface area contributed by atoms with Crippen molar-refractivity contribution in [1.82, 2.24) is 4.90 Å². The van der Waals surface area contributed by atoms with Gasteiger partial charge in [0.25, 0.3) is 5.91 Å². The van der Waals surface area contributed by atoms with E-state index in [9.17, 15) is 14.7 Å². The summed E-state index contributed by atoms with van der Waals surface area (Å²) in [4.78, 5) is 26.3. The summed E-state index contributed by atoms with van der Waals surface area (Å²) in [6.07, 6.45) is 0. The minimum absolute atomic E-state index is 0.0290. The molecule has 1 amide bonds. The lowest BCUT2D eigenvalue weighted by Gasteiger charge is -2.28. The van der Waals surface area contributed by atoms with Crippen LogP contribution in [0.4, 0.5) is 0 Å². The van der Waals surface area contributed by atoms with Crippen LogP contribution in [0.25, 0.3) is 0 Å². The van der Waals surface area contributed by atoms with Crippen LogP contribution in [0.2, 0.25) is 5.02 Å². The van der Waals surface area contributed by atoms with Gasteiger partial charge in [-0.1, -0.05) is 62.7 Å². The molecule has 2 aromatic carbocycles. The van der Waals surface area contributed by atoms with Gasteiger partial charge in [-0.25, -0.2) is 4.79 Å². The Labute approximate surface area is 168 Å². The molecule has 1 fully saturated rings. The maximum Gasteiger partial charge on any atom is 0.327 e. The number of carboxylic acid groups (broad SMARTS) is 1. The molecule has 3 rings (SSSR count). The second kappa shape index (κ2) is 7.56. The van der Waals surface area contributed by atoms with Crippen molar-refractivity contribution in [2.75, 3.05) is 5.75 Å². The predicted octanol–water partition coefficient (Wildman–Crippen LogP) is 4.98. The molecule has 0 aliphatic carbocycles. The van der Waals surface area contributed by atoms with Gasteiger partial charge in [-0.2, -0.15) is 0 Å². The van der Waals surface area contributed by atoms with Crippen LogP contribution < -0.4 is 0 Å². The highest BCUT2D eigenvalue weighted by Crippen LogP contribution is 2.42. The van der Waals surface area contributed by atoms with Crippen molar-refractivity contribution in [2.45, 2.75) is 37.6 Å². The zero-order valence-electron chi connectivity index (χ0n) is 15.5. The van der Waals surface area contributed by atoms with Crippen LogP contribution in [0.5, 0.6) is 0 Å². The first kappa shape index (κ1) is 19.8. The van der Waals surface area contributed by atoms with Crippen molar-refractivity contribution in [3.63, 3.8) is 0 Å². The van der Waals surface area contributed by atoms with E-state index in [4.69, 9.17) is 11.6 Å². The summed E-state index contributed by atoms with van der Waals surface area (Å²) >= 11 is 7.49. The normalized spacial score (nSPS) is 19.9. The quantitative estimate of drug-likeness (QED) is 0.785. The summed E-state index contributed by atoms with van der Waals surface area (Å²) in [5.74, 6) is -0.959. The van der Waals surface area contributed by atoms with Crippen molar-refractivity contribution in [3.05, 3.63) is 70.2 Å². The first-order valence-electron chi connectivity index (χ1n) is 8.71. The van der Waals surface area contributed by atoms with Gasteiger partial charge in [0.1, 0.15) is 11.4 Å². The smallest absolute Gasteiger partial charge is 0.327 e. The van der Waals surface area contributed by atoms with E-state index in [2.05, 4.69) is 20.8 Å². The van der Waals surface area contributed by atoms with E-state index in [1.54, 1.807) is 24.3 Å². The number of halogens is 1. The third-order valence-electron chi connectivity index (χ3n) is 4.65. The first-order valence-corrected chi connectivity index (χ1v) is 10.1. The number of benzene rings is 2. The monoisotopic (exact) mass is 403 g/mol. The topological polar surface area (TPSA) is 57.6 Å². The summed E-state index contributed by atoms with van der Waals surface area (Å²) in [6.45, 7) is 6.42. The Morgan fingerprint density at radius 3 is 2.37 bits per heavy atom. The fourth-order valence-electron chi connectivity index (χ4n) is 3.12. The molecular formula is C21H22ClNO3S. The molecule has 1 aliphatic heterocycles. The van der Waals surface area contributed by atoms with Crippen LogP contribution in [-0.2, 0) is 10.2 Å². The average Bonchev–Trinajstić information content (AvgIpc) is 3.05. The molecule has 1 heterocycles. The van der Waals surface area contributed by atoms with E-state index in [1.807, 2.05) is 24.3 Å². The molecule has 0 spiro atoms. The van der Waals surface area contributed by atoms with Gasteiger partial charge in [0.15, 0.2) is 0 Å². The molecule has 0 radical (unpaired) electrons. The summed E-state index contributed by atoms with van der Waals surface area (Å²) in [5, 5.41) is 9.72. The highest BCUT2D eigenvalue weighted by Gasteiger charge is 2.42. The van der Waals surface area contributed by atoms with Crippen LogP contribution >= 0.6 is 23.4 Å². The number of nitrogens with zero attached hydrogens (tertiary/aromatic N) is 1. The largest absolute Gasteiger partial charge is 0.480 e. The molecule has 0 aromatic heterocycles. The van der Waals surface area contributed by atoms with Gasteiger partial charge in [-0.15, -0.1) is 11.8 Å². The van der Waals surface area contributed by atoms with Crippen molar-refractivity contribution in [2.24, 2.45) is 0 Å². The Morgan fingerprint density at radius 1 is 1.15 bits per heavy atom. The third-order valence-corrected chi connectivity index (χ3v) is 6.21. The third kappa shape index (κ3) is 4.14. The zero-order chi connectivity index (χ0) is 19.8. The highest BCUT2D eigenvalue weighted by atomic mass is 35.5. The molecule has 27 heavy (non-hydrogen) atoms. The number of carboxylic acids is 1. The Bertz CT molecular complexity index is 860. The Balaban J connectivity index is 1.96. The molecule has 142 valence electrons. The van der Waals surface area contributed by atoms with Crippen LogP contribution in [0, 0.1) is 0 Å². The molecule has 6 heteroatoms. The lowest BCUT2D eigenvalue weighted by molar-refractivity contribution is -0.141. The summed E-state index contributed by atoms with van der Waals surface area (Å²) in [5.41, 5.74) is 2.54. The van der Waals surface area contributed by atoms with Crippen LogP contribution in [-0.4, -0.2) is 33.7 Å². The predicted molar refractivity (Wildman–Crippen MR) is 109 cm³/mol. The van der Waals surface area contributed by atoms with E-state index < -0.39 is 12.0 Å². The molecule has 2 atom stereocenters. The molecule has 1 aliphatic rings. The van der Waals surface area contributed by atoms with Gasteiger partial charge < -0.3 is 10.0 Å². The Morgan fingerprint density at radius 2 is 1.81 bits per heavy atom. The van der Waals surface area contributed by atoms with Gasteiger partial charge in [0.2, 0.25) is 0 Å². The van der Waals surface area contributed by atoms with Gasteiger partial charge in [0.05, 0.1) is 0 Å². The fourth-order valence-corrected chi connectivity index (χ4v) is 4.73. The number of hydrogen-bond acceptors (Lipinski definition) is 3. The van der Waals surface area contributed by atoms with Gasteiger partial charge in [-0.3, -0.25) is 4.79 Å². The lowest BCUT2D eigenvalue weighted by Crippen LogP contribution is -2.43. The van der Waals surface area contributed by atoms with E-state index >= 15 is 0 Å². The highest BCUT2D eigenvalue weighted by molar-refractivity contribution is 7.99. The zero-order valence-corrected chi connectivity index (χ0v) is 17.1. The number of rotatable bonds is 3. The summed E-state index contributed by atoms with van der Waals surface area (Å²) < 4.78 is 0. The lowest BCUT2D eigenvalue weighted by atomic mass is 9.86. The SMILES string of the molecule is CC(C)(C)c1ccc(C2SCC(C(=O)O)N2C(=O)c2cccc(Cl)c2)cc1. The van der Waals surface area contributed by atoms with E-state index in [-0.39, 0.29) is 16.7 Å². The van der Waals surface area contributed by atoms with Gasteiger partial charge >= 0.3 is 5.97 Å². The molecule has 1 N–H and O–H groups in total. The molecular weight excluding hydrogens is 382 g/mol. The molecule has 2 aromatic rings. The van der Waals surface area contributed by atoms with Gasteiger partial charge in [-0.05, 0) is 34.7 Å². The number of carbonyl (C=O) groups excluding carboxylic acids is 1. The second-order valence-electron chi connectivity index (χ2n) is 7.63. The summed E-state index contributed by atoms with van der Waals surface area (Å²) in [6, 6.07) is 13.8. The van der Waals surface area contributed by atoms with Crippen molar-refractivity contribution in [3.8, 4) is 0 Å². The number of thioether (sulfide) groups is 1. The number of carbonyl (C=O) groups is 2. The van der Waals surface area contributed by atoms with Crippen LogP contribution in [0.1, 0.15) is 47.6 Å². The first-order chi connectivity index (χ1) is 12.7. The Hall–Kier alpha value is -1.98. The minimum Gasteiger partial charge on any atom is -0.480 e. The number of hydrogen-bond donors (Lipinski definition) is 1. The molecule has 4 nitrogen and oxygen atoms in total. The summed E-state index contributed by atoms with van der Waals surface area (Å²) in [7, 11) is 0. The van der Waals surface area contributed by atoms with Crippen LogP contribution in [0.3, 0.4) is 0 Å². The van der Waals surface area contributed by atoms with Crippen LogP contribution in [0.15, 0.2) is 48.5 Å². The maximum atomic E-state index is 13.1. The maximum absolute atomic E-state index is 13.1. The van der Waals surface area contributed by atoms with E-state index in [0.717, 1.165) is 5.56 Å². The van der Waals surface area contributed by atoms with Crippen molar-refractivity contribution in [1.29, 1.82) is 0 Å². The van der Waals surface area contributed by atoms with E-state index in [1.165, 1.54) is 22.2 Å². The Kier molecular flexibility index (Phi) is 5.54.